The van der Waals surface area contributed by atoms with Crippen molar-refractivity contribution < 1.29 is 19.4 Å². The van der Waals surface area contributed by atoms with Crippen LogP contribution in [-0.4, -0.2) is 53.8 Å². The molecule has 0 radical (unpaired) electrons. The number of halogens is 1. The molecule has 1 amide bonds. The zero-order valence-corrected chi connectivity index (χ0v) is 21.3. The molecule has 0 aliphatic carbocycles. The summed E-state index contributed by atoms with van der Waals surface area (Å²) < 4.78 is 5.90. The molecule has 186 valence electrons. The molecule has 0 unspecified atom stereocenters. The SMILES string of the molecule is Cc1cc(OCc2ccccc2)ccc1/C(O)=C1\C(=O)C(=O)N(CCN(C)C)[C@H]1c1ccc(Cl)cc1. The average molecular weight is 505 g/mol. The predicted octanol–water partition coefficient (Wildman–Crippen LogP) is 5.21. The fourth-order valence-electron chi connectivity index (χ4n) is 4.29. The molecular weight excluding hydrogens is 476 g/mol. The minimum Gasteiger partial charge on any atom is -0.507 e. The van der Waals surface area contributed by atoms with Crippen LogP contribution >= 0.6 is 11.6 Å². The number of hydrogen-bond acceptors (Lipinski definition) is 5. The number of hydrogen-bond donors (Lipinski definition) is 1. The monoisotopic (exact) mass is 504 g/mol. The van der Waals surface area contributed by atoms with Crippen molar-refractivity contribution in [2.75, 3.05) is 27.2 Å². The predicted molar refractivity (Wildman–Crippen MR) is 141 cm³/mol. The Kier molecular flexibility index (Phi) is 7.77. The Morgan fingerprint density at radius 1 is 1.03 bits per heavy atom. The van der Waals surface area contributed by atoms with Gasteiger partial charge in [-0.3, -0.25) is 9.59 Å². The Labute approximate surface area is 216 Å². The van der Waals surface area contributed by atoms with Gasteiger partial charge in [0.05, 0.1) is 11.6 Å². The quantitative estimate of drug-likeness (QED) is 0.259. The van der Waals surface area contributed by atoms with E-state index in [9.17, 15) is 14.7 Å². The van der Waals surface area contributed by atoms with Crippen LogP contribution in [0.1, 0.15) is 28.3 Å². The average Bonchev–Trinajstić information content (AvgIpc) is 3.12. The number of likely N-dealkylation sites (tertiary alicyclic amines) is 1. The van der Waals surface area contributed by atoms with Crippen molar-refractivity contribution in [3.05, 3.63) is 106 Å². The van der Waals surface area contributed by atoms with Gasteiger partial charge >= 0.3 is 0 Å². The fourth-order valence-corrected chi connectivity index (χ4v) is 4.41. The first-order valence-corrected chi connectivity index (χ1v) is 12.1. The largest absolute Gasteiger partial charge is 0.507 e. The number of aryl methyl sites for hydroxylation is 1. The summed E-state index contributed by atoms with van der Waals surface area (Å²) in [4.78, 5) is 29.7. The molecule has 7 heteroatoms. The summed E-state index contributed by atoms with van der Waals surface area (Å²) in [5.74, 6) is -0.879. The van der Waals surface area contributed by atoms with Gasteiger partial charge in [-0.15, -0.1) is 0 Å². The molecule has 1 fully saturated rings. The van der Waals surface area contributed by atoms with E-state index in [4.69, 9.17) is 16.3 Å². The zero-order valence-electron chi connectivity index (χ0n) is 20.6. The van der Waals surface area contributed by atoms with Crippen molar-refractivity contribution in [2.24, 2.45) is 0 Å². The lowest BCUT2D eigenvalue weighted by molar-refractivity contribution is -0.140. The first-order valence-electron chi connectivity index (χ1n) is 11.7. The van der Waals surface area contributed by atoms with E-state index < -0.39 is 17.7 Å². The van der Waals surface area contributed by atoms with Crippen LogP contribution in [0.15, 0.2) is 78.4 Å². The number of Topliss-reactive ketones (excluding diaryl/α,β-unsaturated/α-hetero) is 1. The molecule has 1 atom stereocenters. The number of amides is 1. The third-order valence-electron chi connectivity index (χ3n) is 6.22. The third kappa shape index (κ3) is 5.45. The number of aliphatic hydroxyl groups excluding tert-OH is 1. The smallest absolute Gasteiger partial charge is 0.295 e. The number of rotatable bonds is 8. The first kappa shape index (κ1) is 25.5. The van der Waals surface area contributed by atoms with Gasteiger partial charge in [0.1, 0.15) is 18.1 Å². The number of carbonyl (C=O) groups is 2. The summed E-state index contributed by atoms with van der Waals surface area (Å²) >= 11 is 6.08. The fraction of sp³-hybridized carbons (Fsp3) is 0.241. The van der Waals surface area contributed by atoms with E-state index in [0.29, 0.717) is 41.6 Å². The van der Waals surface area contributed by atoms with Crippen molar-refractivity contribution >= 4 is 29.1 Å². The van der Waals surface area contributed by atoms with Gasteiger partial charge in [0.2, 0.25) is 0 Å². The van der Waals surface area contributed by atoms with Crippen LogP contribution in [0.2, 0.25) is 5.02 Å². The van der Waals surface area contributed by atoms with Crippen LogP contribution in [0, 0.1) is 6.92 Å². The highest BCUT2D eigenvalue weighted by Crippen LogP contribution is 2.40. The standard InChI is InChI=1S/C29H29ClN2O4/c1-19-17-23(36-18-20-7-5-4-6-8-20)13-14-24(19)27(33)25-26(21-9-11-22(30)12-10-21)32(16-15-31(2)3)29(35)28(25)34/h4-14,17,26,33H,15-16,18H2,1-3H3/b27-25+/t26-/m0/s1. The molecule has 0 spiro atoms. The number of ether oxygens (including phenoxy) is 1. The van der Waals surface area contributed by atoms with Gasteiger partial charge in [-0.25, -0.2) is 0 Å². The Morgan fingerprint density at radius 2 is 1.72 bits per heavy atom. The second kappa shape index (κ2) is 11.0. The molecule has 0 saturated carbocycles. The molecule has 1 aliphatic heterocycles. The van der Waals surface area contributed by atoms with Crippen LogP contribution in [-0.2, 0) is 16.2 Å². The maximum absolute atomic E-state index is 13.2. The van der Waals surface area contributed by atoms with Crippen molar-refractivity contribution in [1.29, 1.82) is 0 Å². The first-order chi connectivity index (χ1) is 17.3. The summed E-state index contributed by atoms with van der Waals surface area (Å²) in [6.07, 6.45) is 0. The van der Waals surface area contributed by atoms with Crippen LogP contribution < -0.4 is 4.74 Å². The maximum atomic E-state index is 13.2. The van der Waals surface area contributed by atoms with Gasteiger partial charge < -0.3 is 19.6 Å². The molecule has 1 heterocycles. The number of carbonyl (C=O) groups excluding carboxylic acids is 2. The summed E-state index contributed by atoms with van der Waals surface area (Å²) in [5.41, 5.74) is 3.03. The van der Waals surface area contributed by atoms with E-state index >= 15 is 0 Å². The highest BCUT2D eigenvalue weighted by Gasteiger charge is 2.46. The lowest BCUT2D eigenvalue weighted by atomic mass is 9.94. The van der Waals surface area contributed by atoms with E-state index in [0.717, 1.165) is 11.1 Å². The molecule has 0 bridgehead atoms. The summed E-state index contributed by atoms with van der Waals surface area (Å²) in [6.45, 7) is 3.17. The van der Waals surface area contributed by atoms with Gasteiger partial charge in [0.25, 0.3) is 11.7 Å². The number of aliphatic hydroxyl groups is 1. The molecule has 3 aromatic rings. The van der Waals surface area contributed by atoms with E-state index in [1.807, 2.05) is 62.3 Å². The van der Waals surface area contributed by atoms with E-state index in [1.54, 1.807) is 36.4 Å². The Morgan fingerprint density at radius 3 is 2.36 bits per heavy atom. The zero-order chi connectivity index (χ0) is 25.8. The molecule has 1 aliphatic rings. The molecule has 1 N–H and O–H groups in total. The molecule has 6 nitrogen and oxygen atoms in total. The minimum atomic E-state index is -0.712. The number of ketones is 1. The second-order valence-electron chi connectivity index (χ2n) is 9.10. The van der Waals surface area contributed by atoms with Gasteiger partial charge in [0, 0.05) is 23.7 Å². The Hall–Kier alpha value is -3.61. The molecule has 3 aromatic carbocycles. The van der Waals surface area contributed by atoms with Crippen molar-refractivity contribution in [3.8, 4) is 5.75 Å². The third-order valence-corrected chi connectivity index (χ3v) is 6.47. The van der Waals surface area contributed by atoms with Crippen LogP contribution in [0.4, 0.5) is 0 Å². The molecule has 0 aromatic heterocycles. The highest BCUT2D eigenvalue weighted by atomic mass is 35.5. The molecule has 1 saturated heterocycles. The summed E-state index contributed by atoms with van der Waals surface area (Å²) in [5, 5.41) is 11.9. The lowest BCUT2D eigenvalue weighted by Crippen LogP contribution is -2.35. The normalized spacial score (nSPS) is 17.1. The number of likely N-dealkylation sites (N-methyl/N-ethyl adjacent to an activating group) is 1. The highest BCUT2D eigenvalue weighted by molar-refractivity contribution is 6.46. The van der Waals surface area contributed by atoms with Crippen LogP contribution in [0.25, 0.3) is 5.76 Å². The van der Waals surface area contributed by atoms with E-state index in [-0.39, 0.29) is 11.3 Å². The van der Waals surface area contributed by atoms with E-state index in [1.165, 1.54) is 4.90 Å². The lowest BCUT2D eigenvalue weighted by Gasteiger charge is -2.26. The summed E-state index contributed by atoms with van der Waals surface area (Å²) in [6, 6.07) is 21.4. The van der Waals surface area contributed by atoms with Crippen LogP contribution in [0.3, 0.4) is 0 Å². The van der Waals surface area contributed by atoms with Crippen LogP contribution in [0.5, 0.6) is 5.75 Å². The topological polar surface area (TPSA) is 70.1 Å². The molecule has 36 heavy (non-hydrogen) atoms. The van der Waals surface area contributed by atoms with Crippen molar-refractivity contribution in [1.82, 2.24) is 9.80 Å². The van der Waals surface area contributed by atoms with Gasteiger partial charge in [0.15, 0.2) is 0 Å². The van der Waals surface area contributed by atoms with Crippen molar-refractivity contribution in [2.45, 2.75) is 19.6 Å². The molecule has 4 rings (SSSR count). The van der Waals surface area contributed by atoms with Gasteiger partial charge in [-0.2, -0.15) is 0 Å². The number of nitrogens with zero attached hydrogens (tertiary/aromatic N) is 2. The Balaban J connectivity index is 1.70. The van der Waals surface area contributed by atoms with Gasteiger partial charge in [-0.05, 0) is 68.0 Å². The summed E-state index contributed by atoms with van der Waals surface area (Å²) in [7, 11) is 3.80. The maximum Gasteiger partial charge on any atom is 0.295 e. The van der Waals surface area contributed by atoms with Crippen molar-refractivity contribution in [3.63, 3.8) is 0 Å². The molecular formula is C29H29ClN2O4. The minimum absolute atomic E-state index is 0.0714. The van der Waals surface area contributed by atoms with Gasteiger partial charge in [-0.1, -0.05) is 54.1 Å². The number of benzene rings is 3. The Bertz CT molecular complexity index is 1290. The van der Waals surface area contributed by atoms with E-state index in [2.05, 4.69) is 0 Å². The second-order valence-corrected chi connectivity index (χ2v) is 9.53.